The number of likely N-dealkylation sites (N-methyl/N-ethyl adjacent to an activating group) is 1. The van der Waals surface area contributed by atoms with E-state index in [1.165, 1.54) is 0 Å². The molecular formula is C29H32N2O4. The lowest BCUT2D eigenvalue weighted by molar-refractivity contribution is -0.198. The molecule has 2 N–H and O–H groups in total. The smallest absolute Gasteiger partial charge is 0.246 e. The van der Waals surface area contributed by atoms with Gasteiger partial charge in [0.1, 0.15) is 6.10 Å². The summed E-state index contributed by atoms with van der Waals surface area (Å²) in [4.78, 5) is 17.3. The number of phenolic OH excluding ortho intramolecular Hbond substituents is 1. The van der Waals surface area contributed by atoms with Crippen LogP contribution in [0.2, 0.25) is 0 Å². The SMILES string of the molecule is C=CCN1CC[C@]23c4c5ccc(O)c4OC2C(N(C)C(=O)/C=C/c2ccccc2)CC[C@@]3(O)[C@H]1C5. The number of aliphatic hydroxyl groups is 1. The van der Waals surface area contributed by atoms with Gasteiger partial charge in [-0.05, 0) is 55.5 Å². The molecule has 2 aliphatic heterocycles. The van der Waals surface area contributed by atoms with Crippen LogP contribution in [-0.4, -0.2) is 69.8 Å². The van der Waals surface area contributed by atoms with Crippen LogP contribution in [0.5, 0.6) is 11.5 Å². The van der Waals surface area contributed by atoms with Gasteiger partial charge in [-0.1, -0.05) is 42.5 Å². The van der Waals surface area contributed by atoms with Crippen molar-refractivity contribution in [1.29, 1.82) is 0 Å². The molecule has 2 bridgehead atoms. The minimum absolute atomic E-state index is 0.0525. The van der Waals surface area contributed by atoms with Crippen LogP contribution < -0.4 is 4.74 Å². The fraction of sp³-hybridized carbons (Fsp3) is 0.414. The molecule has 4 aliphatic rings. The first-order valence-corrected chi connectivity index (χ1v) is 12.5. The van der Waals surface area contributed by atoms with Crippen molar-refractivity contribution in [2.24, 2.45) is 0 Å². The molecule has 2 heterocycles. The number of amides is 1. The molecule has 0 radical (unpaired) electrons. The van der Waals surface area contributed by atoms with Gasteiger partial charge in [0.25, 0.3) is 0 Å². The number of hydrogen-bond donors (Lipinski definition) is 2. The second-order valence-corrected chi connectivity index (χ2v) is 10.4. The Balaban J connectivity index is 1.39. The number of phenols is 1. The number of carbonyl (C=O) groups excluding carboxylic acids is 1. The first-order chi connectivity index (χ1) is 16.9. The van der Waals surface area contributed by atoms with E-state index in [4.69, 9.17) is 4.74 Å². The van der Waals surface area contributed by atoms with Crippen LogP contribution in [0.4, 0.5) is 0 Å². The quantitative estimate of drug-likeness (QED) is 0.516. The van der Waals surface area contributed by atoms with Crippen molar-refractivity contribution < 1.29 is 19.7 Å². The van der Waals surface area contributed by atoms with Gasteiger partial charge in [-0.25, -0.2) is 0 Å². The summed E-state index contributed by atoms with van der Waals surface area (Å²) < 4.78 is 6.55. The maximum Gasteiger partial charge on any atom is 0.246 e. The predicted octanol–water partition coefficient (Wildman–Crippen LogP) is 3.27. The van der Waals surface area contributed by atoms with E-state index in [1.807, 2.05) is 55.6 Å². The van der Waals surface area contributed by atoms with Crippen molar-refractivity contribution in [2.75, 3.05) is 20.1 Å². The normalized spacial score (nSPS) is 32.7. The topological polar surface area (TPSA) is 73.2 Å². The van der Waals surface area contributed by atoms with Crippen LogP contribution in [0.15, 0.2) is 61.2 Å². The largest absolute Gasteiger partial charge is 0.504 e. The highest BCUT2D eigenvalue weighted by Crippen LogP contribution is 2.65. The molecule has 182 valence electrons. The molecule has 5 atom stereocenters. The molecule has 2 aliphatic carbocycles. The van der Waals surface area contributed by atoms with Gasteiger partial charge in [-0.15, -0.1) is 6.58 Å². The number of rotatable bonds is 5. The van der Waals surface area contributed by atoms with E-state index in [0.29, 0.717) is 31.4 Å². The van der Waals surface area contributed by atoms with Crippen molar-refractivity contribution in [2.45, 2.75) is 54.9 Å². The van der Waals surface area contributed by atoms with E-state index < -0.39 is 17.1 Å². The van der Waals surface area contributed by atoms with E-state index in [2.05, 4.69) is 11.5 Å². The minimum Gasteiger partial charge on any atom is -0.504 e. The highest BCUT2D eigenvalue weighted by molar-refractivity contribution is 5.92. The Morgan fingerprint density at radius 2 is 2.06 bits per heavy atom. The van der Waals surface area contributed by atoms with Crippen molar-refractivity contribution in [3.8, 4) is 11.5 Å². The van der Waals surface area contributed by atoms with E-state index in [-0.39, 0.29) is 23.7 Å². The molecule has 1 saturated carbocycles. The Bertz CT molecular complexity index is 1210. The van der Waals surface area contributed by atoms with Crippen LogP contribution in [0.3, 0.4) is 0 Å². The van der Waals surface area contributed by atoms with Crippen LogP contribution >= 0.6 is 0 Å². The van der Waals surface area contributed by atoms with Crippen LogP contribution in [0.25, 0.3) is 6.08 Å². The van der Waals surface area contributed by atoms with Crippen LogP contribution in [0.1, 0.15) is 36.0 Å². The number of aromatic hydroxyl groups is 1. The predicted molar refractivity (Wildman–Crippen MR) is 134 cm³/mol. The molecule has 6 rings (SSSR count). The average Bonchev–Trinajstić information content (AvgIpc) is 3.22. The van der Waals surface area contributed by atoms with E-state index in [9.17, 15) is 15.0 Å². The molecular weight excluding hydrogens is 440 g/mol. The van der Waals surface area contributed by atoms with Gasteiger partial charge in [-0.3, -0.25) is 9.69 Å². The van der Waals surface area contributed by atoms with Gasteiger partial charge in [-0.2, -0.15) is 0 Å². The van der Waals surface area contributed by atoms with Crippen LogP contribution in [0, 0.1) is 0 Å². The molecule has 2 aromatic carbocycles. The first kappa shape index (κ1) is 22.4. The zero-order valence-electron chi connectivity index (χ0n) is 20.1. The molecule has 1 amide bonds. The van der Waals surface area contributed by atoms with E-state index in [1.54, 1.807) is 17.0 Å². The number of nitrogens with zero attached hydrogens (tertiary/aromatic N) is 2. The number of piperidine rings is 1. The number of carbonyl (C=O) groups is 1. The number of hydrogen-bond acceptors (Lipinski definition) is 5. The fourth-order valence-corrected chi connectivity index (χ4v) is 7.40. The van der Waals surface area contributed by atoms with Crippen molar-refractivity contribution in [1.82, 2.24) is 9.80 Å². The summed E-state index contributed by atoms with van der Waals surface area (Å²) in [6.45, 7) is 5.46. The van der Waals surface area contributed by atoms with Crippen molar-refractivity contribution in [3.05, 3.63) is 77.9 Å². The van der Waals surface area contributed by atoms with Gasteiger partial charge in [0.05, 0.1) is 17.1 Å². The molecule has 2 fully saturated rings. The summed E-state index contributed by atoms with van der Waals surface area (Å²) in [7, 11) is 1.82. The zero-order chi connectivity index (χ0) is 24.4. The third-order valence-electron chi connectivity index (χ3n) is 8.97. The van der Waals surface area contributed by atoms with E-state index in [0.717, 1.165) is 29.8 Å². The second kappa shape index (κ2) is 7.97. The third-order valence-corrected chi connectivity index (χ3v) is 8.97. The van der Waals surface area contributed by atoms with Gasteiger partial charge in [0.15, 0.2) is 11.5 Å². The highest BCUT2D eigenvalue weighted by Gasteiger charge is 2.73. The second-order valence-electron chi connectivity index (χ2n) is 10.4. The fourth-order valence-electron chi connectivity index (χ4n) is 7.40. The summed E-state index contributed by atoms with van der Waals surface area (Å²) >= 11 is 0. The Labute approximate surface area is 206 Å². The number of likely N-dealkylation sites (tertiary alicyclic amines) is 1. The molecule has 6 nitrogen and oxygen atoms in total. The summed E-state index contributed by atoms with van der Waals surface area (Å²) in [6.07, 6.45) is 7.54. The third kappa shape index (κ3) is 2.99. The Morgan fingerprint density at radius 3 is 2.83 bits per heavy atom. The number of ether oxygens (including phenoxy) is 1. The molecule has 1 spiro atoms. The van der Waals surface area contributed by atoms with Gasteiger partial charge in [0.2, 0.25) is 5.91 Å². The Morgan fingerprint density at radius 1 is 1.26 bits per heavy atom. The van der Waals surface area contributed by atoms with Crippen molar-refractivity contribution in [3.63, 3.8) is 0 Å². The summed E-state index contributed by atoms with van der Waals surface area (Å²) in [5.41, 5.74) is 1.41. The number of benzene rings is 2. The molecule has 0 aromatic heterocycles. The van der Waals surface area contributed by atoms with Gasteiger partial charge in [0, 0.05) is 31.3 Å². The molecule has 1 saturated heterocycles. The van der Waals surface area contributed by atoms with Crippen LogP contribution in [-0.2, 0) is 16.6 Å². The van der Waals surface area contributed by atoms with Crippen molar-refractivity contribution >= 4 is 12.0 Å². The lowest BCUT2D eigenvalue weighted by Gasteiger charge is -2.64. The lowest BCUT2D eigenvalue weighted by atomic mass is 9.48. The first-order valence-electron chi connectivity index (χ1n) is 12.5. The minimum atomic E-state index is -0.995. The summed E-state index contributed by atoms with van der Waals surface area (Å²) in [5, 5.41) is 23.2. The molecule has 6 heteroatoms. The monoisotopic (exact) mass is 472 g/mol. The lowest BCUT2D eigenvalue weighted by Crippen LogP contribution is -2.78. The van der Waals surface area contributed by atoms with E-state index >= 15 is 0 Å². The zero-order valence-corrected chi connectivity index (χ0v) is 20.1. The summed E-state index contributed by atoms with van der Waals surface area (Å²) in [6, 6.07) is 13.2. The Kier molecular flexibility index (Phi) is 5.09. The van der Waals surface area contributed by atoms with Gasteiger partial charge < -0.3 is 19.8 Å². The maximum atomic E-state index is 13.2. The maximum absolute atomic E-state index is 13.2. The Hall–Kier alpha value is -3.09. The molecule has 2 unspecified atom stereocenters. The van der Waals surface area contributed by atoms with Gasteiger partial charge >= 0.3 is 0 Å². The standard InChI is InChI=1S/C29H32N2O4/c1-3-16-31-17-15-28-25-20-10-11-22(32)26(25)35-27(28)21(13-14-29(28,34)23(31)18-20)30(2)24(33)12-9-19-7-5-4-6-8-19/h3-12,21,23,27,32,34H,1,13-18H2,2H3/b12-9+/t21?,23-,27?,28+,29-/m1/s1. The highest BCUT2D eigenvalue weighted by atomic mass is 16.5. The molecule has 2 aromatic rings. The molecule has 35 heavy (non-hydrogen) atoms. The summed E-state index contributed by atoms with van der Waals surface area (Å²) in [5.74, 6) is 0.508. The average molecular weight is 473 g/mol.